The summed E-state index contributed by atoms with van der Waals surface area (Å²) in [6.45, 7) is 0. The fourth-order valence-corrected chi connectivity index (χ4v) is 1.67. The Morgan fingerprint density at radius 2 is 2.20 bits per heavy atom. The average Bonchev–Trinajstić information content (AvgIpc) is 2.23. The zero-order valence-corrected chi connectivity index (χ0v) is 9.17. The lowest BCUT2D eigenvalue weighted by molar-refractivity contribution is 0.854. The molecule has 0 unspecified atom stereocenters. The number of aryl methyl sites for hydroxylation is 1. The topological polar surface area (TPSA) is 46.9 Å². The van der Waals surface area contributed by atoms with Crippen LogP contribution >= 0.6 is 11.6 Å². The highest BCUT2D eigenvalue weighted by molar-refractivity contribution is 6.31. The molecular formula is C10H10ClN3O. The number of rotatable bonds is 1. The molecule has 2 aromatic rings. The first-order chi connectivity index (χ1) is 7.13. The van der Waals surface area contributed by atoms with E-state index in [9.17, 15) is 4.79 Å². The number of hydrogen-bond donors (Lipinski definition) is 1. The van der Waals surface area contributed by atoms with Crippen LogP contribution in [0.25, 0.3) is 10.9 Å². The molecule has 0 saturated carbocycles. The molecule has 2 rings (SSSR count). The van der Waals surface area contributed by atoms with Crippen LogP contribution in [-0.4, -0.2) is 16.6 Å². The number of benzene rings is 1. The summed E-state index contributed by atoms with van der Waals surface area (Å²) in [4.78, 5) is 15.4. The van der Waals surface area contributed by atoms with E-state index >= 15 is 0 Å². The Morgan fingerprint density at radius 1 is 1.47 bits per heavy atom. The number of hydrogen-bond acceptors (Lipinski definition) is 3. The minimum atomic E-state index is -0.297. The van der Waals surface area contributed by atoms with Crippen molar-refractivity contribution in [3.8, 4) is 0 Å². The number of fused-ring (bicyclic) bond motifs is 1. The van der Waals surface area contributed by atoms with Crippen LogP contribution < -0.4 is 11.0 Å². The maximum Gasteiger partial charge on any atom is 0.349 e. The molecule has 4 nitrogen and oxygen atoms in total. The van der Waals surface area contributed by atoms with Crippen molar-refractivity contribution < 1.29 is 0 Å². The molecule has 1 aromatic heterocycles. The highest BCUT2D eigenvalue weighted by Gasteiger charge is 2.06. The normalized spacial score (nSPS) is 10.6. The van der Waals surface area contributed by atoms with Gasteiger partial charge >= 0.3 is 5.69 Å². The molecule has 1 heterocycles. The Kier molecular flexibility index (Phi) is 2.36. The molecule has 0 radical (unpaired) electrons. The maximum atomic E-state index is 11.5. The predicted molar refractivity (Wildman–Crippen MR) is 61.5 cm³/mol. The monoisotopic (exact) mass is 223 g/mol. The van der Waals surface area contributed by atoms with E-state index < -0.39 is 0 Å². The molecule has 1 N–H and O–H groups in total. The summed E-state index contributed by atoms with van der Waals surface area (Å²) in [5.74, 6) is 0.574. The quantitative estimate of drug-likeness (QED) is 0.800. The molecule has 0 amide bonds. The second-order valence-electron chi connectivity index (χ2n) is 3.21. The van der Waals surface area contributed by atoms with E-state index in [1.165, 1.54) is 4.57 Å². The van der Waals surface area contributed by atoms with Gasteiger partial charge < -0.3 is 5.32 Å². The number of nitrogens with zero attached hydrogens (tertiary/aromatic N) is 2. The second-order valence-corrected chi connectivity index (χ2v) is 3.65. The van der Waals surface area contributed by atoms with Crippen molar-refractivity contribution in [2.24, 2.45) is 7.05 Å². The Labute approximate surface area is 91.5 Å². The van der Waals surface area contributed by atoms with E-state index in [2.05, 4.69) is 10.3 Å². The fourth-order valence-electron chi connectivity index (χ4n) is 1.51. The van der Waals surface area contributed by atoms with Crippen molar-refractivity contribution in [3.05, 3.63) is 33.7 Å². The van der Waals surface area contributed by atoms with Crippen molar-refractivity contribution >= 4 is 28.3 Å². The van der Waals surface area contributed by atoms with Crippen LogP contribution in [0.5, 0.6) is 0 Å². The van der Waals surface area contributed by atoms with Crippen LogP contribution in [0.4, 0.5) is 5.82 Å². The fraction of sp³-hybridized carbons (Fsp3) is 0.200. The second kappa shape index (κ2) is 3.55. The van der Waals surface area contributed by atoms with Gasteiger partial charge in [0.2, 0.25) is 0 Å². The molecular weight excluding hydrogens is 214 g/mol. The standard InChI is InChI=1S/C10H10ClN3O/c1-12-9-7-4-3-6(11)5-8(7)14(2)10(15)13-9/h3-5H,1-2H3,(H,12,13,15). The van der Waals surface area contributed by atoms with Gasteiger partial charge in [0.1, 0.15) is 5.82 Å². The molecule has 5 heteroatoms. The van der Waals surface area contributed by atoms with Crippen molar-refractivity contribution in [2.45, 2.75) is 0 Å². The molecule has 0 atom stereocenters. The van der Waals surface area contributed by atoms with Gasteiger partial charge in [0.25, 0.3) is 0 Å². The lowest BCUT2D eigenvalue weighted by Crippen LogP contribution is -2.21. The molecule has 0 aliphatic heterocycles. The van der Waals surface area contributed by atoms with E-state index in [0.717, 1.165) is 10.9 Å². The molecule has 0 aliphatic rings. The summed E-state index contributed by atoms with van der Waals surface area (Å²) in [6.07, 6.45) is 0. The minimum absolute atomic E-state index is 0.297. The van der Waals surface area contributed by atoms with Gasteiger partial charge in [0.05, 0.1) is 5.52 Å². The Hall–Kier alpha value is -1.55. The van der Waals surface area contributed by atoms with Gasteiger partial charge in [0, 0.05) is 24.5 Å². The average molecular weight is 224 g/mol. The zero-order chi connectivity index (χ0) is 11.0. The Balaban J connectivity index is 2.96. The third kappa shape index (κ3) is 1.57. The summed E-state index contributed by atoms with van der Waals surface area (Å²) >= 11 is 5.88. The van der Waals surface area contributed by atoms with Crippen LogP contribution in [0.2, 0.25) is 5.02 Å². The van der Waals surface area contributed by atoms with Crippen LogP contribution in [0, 0.1) is 0 Å². The maximum absolute atomic E-state index is 11.5. The van der Waals surface area contributed by atoms with Crippen LogP contribution in [0.15, 0.2) is 23.0 Å². The summed E-state index contributed by atoms with van der Waals surface area (Å²) in [5, 5.41) is 4.37. The largest absolute Gasteiger partial charge is 0.372 e. The molecule has 78 valence electrons. The third-order valence-corrected chi connectivity index (χ3v) is 2.54. The molecule has 1 aromatic carbocycles. The van der Waals surface area contributed by atoms with Crippen molar-refractivity contribution in [2.75, 3.05) is 12.4 Å². The summed E-state index contributed by atoms with van der Waals surface area (Å²) in [7, 11) is 3.41. The van der Waals surface area contributed by atoms with Gasteiger partial charge in [0.15, 0.2) is 0 Å². The first kappa shape index (κ1) is 9.98. The zero-order valence-electron chi connectivity index (χ0n) is 8.41. The van der Waals surface area contributed by atoms with Gasteiger partial charge in [-0.1, -0.05) is 11.6 Å². The van der Waals surface area contributed by atoms with Crippen molar-refractivity contribution in [1.82, 2.24) is 9.55 Å². The molecule has 0 spiro atoms. The molecule has 0 saturated heterocycles. The Bertz CT molecular complexity index is 577. The van der Waals surface area contributed by atoms with Gasteiger partial charge in [-0.3, -0.25) is 4.57 Å². The first-order valence-corrected chi connectivity index (χ1v) is 4.85. The van der Waals surface area contributed by atoms with Crippen molar-refractivity contribution in [1.29, 1.82) is 0 Å². The minimum Gasteiger partial charge on any atom is -0.372 e. The van der Waals surface area contributed by atoms with E-state index in [1.54, 1.807) is 26.2 Å². The SMILES string of the molecule is CNc1nc(=O)n(C)c2cc(Cl)ccc12. The summed E-state index contributed by atoms with van der Waals surface area (Å²) in [6, 6.07) is 5.37. The predicted octanol–water partition coefficient (Wildman–Crippen LogP) is 1.63. The van der Waals surface area contributed by atoms with Gasteiger partial charge in [-0.15, -0.1) is 0 Å². The number of aromatic nitrogens is 2. The molecule has 15 heavy (non-hydrogen) atoms. The van der Waals surface area contributed by atoms with E-state index in [4.69, 9.17) is 11.6 Å². The molecule has 0 bridgehead atoms. The van der Waals surface area contributed by atoms with Crippen LogP contribution in [0.1, 0.15) is 0 Å². The van der Waals surface area contributed by atoms with E-state index in [1.807, 2.05) is 6.07 Å². The lowest BCUT2D eigenvalue weighted by atomic mass is 10.2. The van der Waals surface area contributed by atoms with E-state index in [0.29, 0.717) is 10.8 Å². The molecule has 0 aliphatic carbocycles. The third-order valence-electron chi connectivity index (χ3n) is 2.31. The highest BCUT2D eigenvalue weighted by Crippen LogP contribution is 2.22. The summed E-state index contributed by atoms with van der Waals surface area (Å²) in [5.41, 5.74) is 0.473. The van der Waals surface area contributed by atoms with Gasteiger partial charge in [-0.2, -0.15) is 4.98 Å². The van der Waals surface area contributed by atoms with Gasteiger partial charge in [-0.05, 0) is 18.2 Å². The number of nitrogens with one attached hydrogen (secondary N) is 1. The summed E-state index contributed by atoms with van der Waals surface area (Å²) < 4.78 is 1.47. The lowest BCUT2D eigenvalue weighted by Gasteiger charge is -2.08. The van der Waals surface area contributed by atoms with Gasteiger partial charge in [-0.25, -0.2) is 4.79 Å². The van der Waals surface area contributed by atoms with Crippen LogP contribution in [-0.2, 0) is 7.05 Å². The number of anilines is 1. The molecule has 0 fully saturated rings. The Morgan fingerprint density at radius 3 is 2.87 bits per heavy atom. The first-order valence-electron chi connectivity index (χ1n) is 4.47. The van der Waals surface area contributed by atoms with Crippen LogP contribution in [0.3, 0.4) is 0 Å². The highest BCUT2D eigenvalue weighted by atomic mass is 35.5. The van der Waals surface area contributed by atoms with Crippen molar-refractivity contribution in [3.63, 3.8) is 0 Å². The van der Waals surface area contributed by atoms with E-state index in [-0.39, 0.29) is 5.69 Å². The number of halogens is 1. The smallest absolute Gasteiger partial charge is 0.349 e.